The Hall–Kier alpha value is -2.02. The molecule has 0 spiro atoms. The predicted molar refractivity (Wildman–Crippen MR) is 118 cm³/mol. The lowest BCUT2D eigenvalue weighted by molar-refractivity contribution is 1.19. The lowest BCUT2D eigenvalue weighted by atomic mass is 9.89. The Morgan fingerprint density at radius 1 is 0.538 bits per heavy atom. The fraction of sp³-hybridized carbons (Fsp3) is 0.167. The molecule has 0 radical (unpaired) electrons. The highest BCUT2D eigenvalue weighted by Gasteiger charge is 2.15. The van der Waals surface area contributed by atoms with Gasteiger partial charge in [0.25, 0.3) is 0 Å². The molecule has 134 valence electrons. The summed E-state index contributed by atoms with van der Waals surface area (Å²) in [5.74, 6) is 0. The minimum atomic E-state index is 0.726. The van der Waals surface area contributed by atoms with Crippen molar-refractivity contribution in [2.75, 3.05) is 0 Å². The Morgan fingerprint density at radius 3 is 1.15 bits per heavy atom. The summed E-state index contributed by atoms with van der Waals surface area (Å²) in [6.45, 7) is 15.5. The van der Waals surface area contributed by atoms with Crippen molar-refractivity contribution < 1.29 is 0 Å². The first kappa shape index (κ1) is 20.3. The molecule has 0 fully saturated rings. The molecule has 2 heteroatoms. The van der Waals surface area contributed by atoms with Crippen molar-refractivity contribution in [3.8, 4) is 11.1 Å². The molecule has 0 aliphatic rings. The average molecular weight is 383 g/mol. The number of rotatable bonds is 9. The highest BCUT2D eigenvalue weighted by molar-refractivity contribution is 6.32. The van der Waals surface area contributed by atoms with Crippen LogP contribution in [0, 0.1) is 0 Å². The van der Waals surface area contributed by atoms with Crippen molar-refractivity contribution in [3.63, 3.8) is 0 Å². The summed E-state index contributed by atoms with van der Waals surface area (Å²) < 4.78 is 0. The second kappa shape index (κ2) is 9.62. The molecule has 2 aromatic carbocycles. The van der Waals surface area contributed by atoms with Crippen LogP contribution in [0.4, 0.5) is 0 Å². The minimum absolute atomic E-state index is 0.726. The fourth-order valence-corrected chi connectivity index (χ4v) is 3.62. The van der Waals surface area contributed by atoms with Gasteiger partial charge in [-0.1, -0.05) is 47.5 Å². The monoisotopic (exact) mass is 382 g/mol. The zero-order chi connectivity index (χ0) is 19.1. The van der Waals surface area contributed by atoms with E-state index < -0.39 is 0 Å². The lowest BCUT2D eigenvalue weighted by Crippen LogP contribution is -1.98. The standard InChI is InChI=1S/C24H24Cl2/c1-5-9-17-15-23(25)19(11-7-3)13-21(17)22-14-20(12-8-4)24(26)16-18(22)10-6-2/h5-8,13-16H,1-4,9-12H2. The van der Waals surface area contributed by atoms with Gasteiger partial charge in [0.2, 0.25) is 0 Å². The van der Waals surface area contributed by atoms with E-state index in [4.69, 9.17) is 23.2 Å². The van der Waals surface area contributed by atoms with Crippen LogP contribution in [0.5, 0.6) is 0 Å². The van der Waals surface area contributed by atoms with E-state index in [1.165, 1.54) is 0 Å². The first-order chi connectivity index (χ1) is 12.5. The van der Waals surface area contributed by atoms with Gasteiger partial charge in [0.05, 0.1) is 0 Å². The van der Waals surface area contributed by atoms with Crippen molar-refractivity contribution in [2.45, 2.75) is 25.7 Å². The van der Waals surface area contributed by atoms with Gasteiger partial charge in [0.1, 0.15) is 0 Å². The molecule has 2 rings (SSSR count). The second-order valence-corrected chi connectivity index (χ2v) is 6.99. The summed E-state index contributed by atoms with van der Waals surface area (Å²) in [4.78, 5) is 0. The number of halogens is 2. The molecular weight excluding hydrogens is 359 g/mol. The van der Waals surface area contributed by atoms with Gasteiger partial charge >= 0.3 is 0 Å². The molecule has 0 bridgehead atoms. The molecule has 2 aromatic rings. The third-order valence-corrected chi connectivity index (χ3v) is 5.00. The molecule has 0 unspecified atom stereocenters. The zero-order valence-corrected chi connectivity index (χ0v) is 16.5. The van der Waals surface area contributed by atoms with Crippen LogP contribution in [0.15, 0.2) is 74.9 Å². The first-order valence-corrected chi connectivity index (χ1v) is 9.37. The Kier molecular flexibility index (Phi) is 7.50. The van der Waals surface area contributed by atoms with Crippen LogP contribution in [-0.4, -0.2) is 0 Å². The first-order valence-electron chi connectivity index (χ1n) is 8.62. The van der Waals surface area contributed by atoms with Crippen molar-refractivity contribution in [1.29, 1.82) is 0 Å². The molecule has 0 amide bonds. The highest BCUT2D eigenvalue weighted by Crippen LogP contribution is 2.36. The third kappa shape index (κ3) is 4.58. The van der Waals surface area contributed by atoms with Crippen molar-refractivity contribution in [3.05, 3.63) is 107 Å². The minimum Gasteiger partial charge on any atom is -0.103 e. The van der Waals surface area contributed by atoms with Gasteiger partial charge in [0, 0.05) is 10.0 Å². The van der Waals surface area contributed by atoms with Crippen LogP contribution in [-0.2, 0) is 25.7 Å². The molecular formula is C24H24Cl2. The maximum atomic E-state index is 6.48. The Balaban J connectivity index is 2.77. The average Bonchev–Trinajstić information content (AvgIpc) is 2.60. The molecule has 0 saturated heterocycles. The molecule has 0 saturated carbocycles. The van der Waals surface area contributed by atoms with Gasteiger partial charge in [-0.15, -0.1) is 26.3 Å². The van der Waals surface area contributed by atoms with Crippen molar-refractivity contribution >= 4 is 23.2 Å². The summed E-state index contributed by atoms with van der Waals surface area (Å²) >= 11 is 13.0. The summed E-state index contributed by atoms with van der Waals surface area (Å²) in [5, 5.41) is 1.52. The van der Waals surface area contributed by atoms with E-state index in [-0.39, 0.29) is 0 Å². The summed E-state index contributed by atoms with van der Waals surface area (Å²) in [6.07, 6.45) is 10.5. The fourth-order valence-electron chi connectivity index (χ4n) is 3.09. The van der Waals surface area contributed by atoms with Gasteiger partial charge in [-0.3, -0.25) is 0 Å². The lowest BCUT2D eigenvalue weighted by Gasteiger charge is -2.17. The van der Waals surface area contributed by atoms with E-state index in [1.807, 2.05) is 36.4 Å². The van der Waals surface area contributed by atoms with Crippen LogP contribution < -0.4 is 0 Å². The molecule has 0 atom stereocenters. The Labute approximate surface area is 167 Å². The Morgan fingerprint density at radius 2 is 0.846 bits per heavy atom. The SMILES string of the molecule is C=CCc1cc(-c2cc(CC=C)c(Cl)cc2CC=C)c(CC=C)cc1Cl. The van der Waals surface area contributed by atoms with Gasteiger partial charge in [0.15, 0.2) is 0 Å². The molecule has 0 aliphatic heterocycles. The second-order valence-electron chi connectivity index (χ2n) is 6.17. The summed E-state index contributed by atoms with van der Waals surface area (Å²) in [6, 6.07) is 8.40. The molecule has 26 heavy (non-hydrogen) atoms. The number of hydrogen-bond donors (Lipinski definition) is 0. The van der Waals surface area contributed by atoms with Crippen molar-refractivity contribution in [1.82, 2.24) is 0 Å². The predicted octanol–water partition coefficient (Wildman–Crippen LogP) is 7.57. The van der Waals surface area contributed by atoms with Crippen LogP contribution in [0.2, 0.25) is 10.0 Å². The summed E-state index contributed by atoms with van der Waals surface area (Å²) in [5.41, 5.74) is 6.74. The molecule has 0 N–H and O–H groups in total. The maximum Gasteiger partial charge on any atom is 0.0444 e. The molecule has 0 aliphatic carbocycles. The van der Waals surface area contributed by atoms with E-state index in [9.17, 15) is 0 Å². The van der Waals surface area contributed by atoms with E-state index in [0.717, 1.165) is 69.1 Å². The topological polar surface area (TPSA) is 0 Å². The van der Waals surface area contributed by atoms with Crippen molar-refractivity contribution in [2.24, 2.45) is 0 Å². The third-order valence-electron chi connectivity index (χ3n) is 4.29. The highest BCUT2D eigenvalue weighted by atomic mass is 35.5. The smallest absolute Gasteiger partial charge is 0.0444 e. The largest absolute Gasteiger partial charge is 0.103 e. The number of benzene rings is 2. The zero-order valence-electron chi connectivity index (χ0n) is 15.0. The van der Waals surface area contributed by atoms with Crippen LogP contribution in [0.25, 0.3) is 11.1 Å². The van der Waals surface area contributed by atoms with E-state index in [2.05, 4.69) is 38.4 Å². The molecule has 0 nitrogen and oxygen atoms in total. The van der Waals surface area contributed by atoms with Gasteiger partial charge in [-0.25, -0.2) is 0 Å². The Bertz CT molecular complexity index is 772. The van der Waals surface area contributed by atoms with Crippen LogP contribution in [0.3, 0.4) is 0 Å². The van der Waals surface area contributed by atoms with Crippen LogP contribution >= 0.6 is 23.2 Å². The number of hydrogen-bond acceptors (Lipinski definition) is 0. The van der Waals surface area contributed by atoms with Gasteiger partial charge < -0.3 is 0 Å². The van der Waals surface area contributed by atoms with Gasteiger partial charge in [-0.05, 0) is 83.3 Å². The molecule has 0 heterocycles. The maximum absolute atomic E-state index is 6.48. The quantitative estimate of drug-likeness (QED) is 0.392. The summed E-state index contributed by atoms with van der Waals surface area (Å²) in [7, 11) is 0. The molecule has 0 aromatic heterocycles. The van der Waals surface area contributed by atoms with E-state index >= 15 is 0 Å². The number of allylic oxidation sites excluding steroid dienone is 4. The van der Waals surface area contributed by atoms with E-state index in [1.54, 1.807) is 0 Å². The normalized spacial score (nSPS) is 10.4. The van der Waals surface area contributed by atoms with E-state index in [0.29, 0.717) is 0 Å². The van der Waals surface area contributed by atoms with Crippen LogP contribution in [0.1, 0.15) is 22.3 Å². The van der Waals surface area contributed by atoms with Gasteiger partial charge in [-0.2, -0.15) is 0 Å².